The lowest BCUT2D eigenvalue weighted by Gasteiger charge is -2.17. The van der Waals surface area contributed by atoms with Crippen LogP contribution in [-0.2, 0) is 0 Å². The fourth-order valence-corrected chi connectivity index (χ4v) is 1.99. The second-order valence-electron chi connectivity index (χ2n) is 4.50. The molecule has 1 amide bonds. The van der Waals surface area contributed by atoms with Crippen molar-refractivity contribution in [2.24, 2.45) is 0 Å². The van der Waals surface area contributed by atoms with E-state index >= 15 is 0 Å². The van der Waals surface area contributed by atoms with E-state index in [1.165, 1.54) is 19.2 Å². The van der Waals surface area contributed by atoms with Crippen LogP contribution in [0.3, 0.4) is 0 Å². The first-order valence-corrected chi connectivity index (χ1v) is 6.49. The fourth-order valence-electron chi connectivity index (χ4n) is 1.99. The molecule has 2 rings (SSSR count). The molecule has 0 aliphatic carbocycles. The summed E-state index contributed by atoms with van der Waals surface area (Å²) in [5.74, 6) is -0.166. The number of rotatable bonds is 5. The Morgan fingerprint density at radius 3 is 2.52 bits per heavy atom. The third kappa shape index (κ3) is 3.52. The average molecular weight is 287 g/mol. The first-order chi connectivity index (χ1) is 10.2. The van der Waals surface area contributed by atoms with Crippen LogP contribution in [0.5, 0.6) is 11.5 Å². The number of nitrogens with one attached hydrogen (secondary N) is 1. The summed E-state index contributed by atoms with van der Waals surface area (Å²) < 4.78 is 4.97. The molecule has 5 heteroatoms. The van der Waals surface area contributed by atoms with E-state index in [1.54, 1.807) is 6.07 Å². The number of methoxy groups -OCH3 is 1. The number of benzene rings is 2. The molecule has 2 aromatic carbocycles. The van der Waals surface area contributed by atoms with Crippen molar-refractivity contribution < 1.29 is 19.7 Å². The van der Waals surface area contributed by atoms with E-state index in [4.69, 9.17) is 4.74 Å². The maximum atomic E-state index is 12.2. The van der Waals surface area contributed by atoms with Crippen LogP contribution in [0, 0.1) is 0 Å². The summed E-state index contributed by atoms with van der Waals surface area (Å²) in [5, 5.41) is 22.0. The zero-order chi connectivity index (χ0) is 15.2. The van der Waals surface area contributed by atoms with Gasteiger partial charge in [-0.3, -0.25) is 4.79 Å². The van der Waals surface area contributed by atoms with Crippen molar-refractivity contribution in [1.29, 1.82) is 0 Å². The van der Waals surface area contributed by atoms with Crippen LogP contribution >= 0.6 is 0 Å². The summed E-state index contributed by atoms with van der Waals surface area (Å²) in [6.45, 7) is -0.229. The molecular formula is C16H17NO4. The van der Waals surface area contributed by atoms with Gasteiger partial charge in [-0.15, -0.1) is 0 Å². The second kappa shape index (κ2) is 6.76. The highest BCUT2D eigenvalue weighted by molar-refractivity contribution is 5.97. The Morgan fingerprint density at radius 1 is 1.24 bits per heavy atom. The van der Waals surface area contributed by atoms with Crippen LogP contribution in [0.25, 0.3) is 0 Å². The third-order valence-electron chi connectivity index (χ3n) is 3.14. The summed E-state index contributed by atoms with van der Waals surface area (Å²) in [6, 6.07) is 13.0. The number of carbonyl (C=O) groups is 1. The maximum absolute atomic E-state index is 12.2. The maximum Gasteiger partial charge on any atom is 0.255 e. The van der Waals surface area contributed by atoms with Crippen molar-refractivity contribution in [1.82, 2.24) is 5.32 Å². The second-order valence-corrected chi connectivity index (χ2v) is 4.50. The zero-order valence-corrected chi connectivity index (χ0v) is 11.6. The van der Waals surface area contributed by atoms with Crippen molar-refractivity contribution in [2.45, 2.75) is 6.04 Å². The molecule has 0 saturated carbocycles. The summed E-state index contributed by atoms with van der Waals surface area (Å²) >= 11 is 0. The molecule has 1 atom stereocenters. The van der Waals surface area contributed by atoms with Crippen molar-refractivity contribution in [3.63, 3.8) is 0 Å². The van der Waals surface area contributed by atoms with Gasteiger partial charge in [0.05, 0.1) is 25.3 Å². The van der Waals surface area contributed by atoms with Crippen LogP contribution in [-0.4, -0.2) is 29.8 Å². The Balaban J connectivity index is 2.17. The minimum atomic E-state index is -0.528. The van der Waals surface area contributed by atoms with Gasteiger partial charge in [0.1, 0.15) is 11.5 Å². The fraction of sp³-hybridized carbons (Fsp3) is 0.188. The van der Waals surface area contributed by atoms with E-state index in [2.05, 4.69) is 5.32 Å². The molecule has 2 aromatic rings. The van der Waals surface area contributed by atoms with E-state index in [9.17, 15) is 15.0 Å². The van der Waals surface area contributed by atoms with Gasteiger partial charge in [0.25, 0.3) is 5.91 Å². The van der Waals surface area contributed by atoms with E-state index in [1.807, 2.05) is 30.3 Å². The van der Waals surface area contributed by atoms with Gasteiger partial charge in [0.2, 0.25) is 0 Å². The zero-order valence-electron chi connectivity index (χ0n) is 11.6. The number of aliphatic hydroxyl groups is 1. The number of carbonyl (C=O) groups excluding carboxylic acids is 1. The lowest BCUT2D eigenvalue weighted by molar-refractivity contribution is 0.0913. The first kappa shape index (κ1) is 14.9. The molecule has 3 N–H and O–H groups in total. The molecule has 0 unspecified atom stereocenters. The molecule has 0 aliphatic heterocycles. The summed E-state index contributed by atoms with van der Waals surface area (Å²) in [7, 11) is 1.48. The molecular weight excluding hydrogens is 270 g/mol. The van der Waals surface area contributed by atoms with Crippen LogP contribution < -0.4 is 10.1 Å². The molecule has 0 bridgehead atoms. The van der Waals surface area contributed by atoms with E-state index < -0.39 is 11.9 Å². The van der Waals surface area contributed by atoms with Gasteiger partial charge in [-0.2, -0.15) is 0 Å². The normalized spacial score (nSPS) is 11.7. The van der Waals surface area contributed by atoms with Crippen molar-refractivity contribution in [3.8, 4) is 11.5 Å². The van der Waals surface area contributed by atoms with Gasteiger partial charge in [-0.25, -0.2) is 0 Å². The number of aliphatic hydroxyl groups excluding tert-OH is 1. The average Bonchev–Trinajstić information content (AvgIpc) is 2.53. The number of hydrogen-bond donors (Lipinski definition) is 3. The molecule has 0 fully saturated rings. The van der Waals surface area contributed by atoms with Crippen molar-refractivity contribution in [3.05, 3.63) is 59.7 Å². The monoisotopic (exact) mass is 287 g/mol. The minimum absolute atomic E-state index is 0.130. The summed E-state index contributed by atoms with van der Waals surface area (Å²) in [5.41, 5.74) is 0.923. The first-order valence-electron chi connectivity index (χ1n) is 6.49. The summed E-state index contributed by atoms with van der Waals surface area (Å²) in [4.78, 5) is 12.2. The molecule has 5 nitrogen and oxygen atoms in total. The van der Waals surface area contributed by atoms with Crippen molar-refractivity contribution >= 4 is 5.91 Å². The van der Waals surface area contributed by atoms with E-state index in [-0.39, 0.29) is 17.9 Å². The number of phenols is 1. The van der Waals surface area contributed by atoms with Gasteiger partial charge < -0.3 is 20.3 Å². The quantitative estimate of drug-likeness (QED) is 0.784. The largest absolute Gasteiger partial charge is 0.507 e. The lowest BCUT2D eigenvalue weighted by atomic mass is 10.1. The highest BCUT2D eigenvalue weighted by atomic mass is 16.5. The minimum Gasteiger partial charge on any atom is -0.507 e. The van der Waals surface area contributed by atoms with E-state index in [0.717, 1.165) is 5.56 Å². The third-order valence-corrected chi connectivity index (χ3v) is 3.14. The SMILES string of the molecule is COc1ccc(C(=O)N[C@H](CO)c2ccccc2)c(O)c1. The number of hydrogen-bond acceptors (Lipinski definition) is 4. The Bertz CT molecular complexity index is 613. The lowest BCUT2D eigenvalue weighted by Crippen LogP contribution is -2.30. The van der Waals surface area contributed by atoms with Gasteiger partial charge in [-0.05, 0) is 17.7 Å². The molecule has 0 aliphatic rings. The van der Waals surface area contributed by atoms with Gasteiger partial charge >= 0.3 is 0 Å². The topological polar surface area (TPSA) is 78.8 Å². The number of aromatic hydroxyl groups is 1. The van der Waals surface area contributed by atoms with Crippen LogP contribution in [0.2, 0.25) is 0 Å². The van der Waals surface area contributed by atoms with Gasteiger partial charge in [0.15, 0.2) is 0 Å². The standard InChI is InChI=1S/C16H17NO4/c1-21-12-7-8-13(15(19)9-12)16(20)17-14(10-18)11-5-3-2-4-6-11/h2-9,14,18-19H,10H2,1H3,(H,17,20)/t14-/m1/s1. The van der Waals surface area contributed by atoms with Crippen LogP contribution in [0.1, 0.15) is 22.0 Å². The van der Waals surface area contributed by atoms with Gasteiger partial charge in [-0.1, -0.05) is 30.3 Å². The predicted molar refractivity (Wildman–Crippen MR) is 78.4 cm³/mol. The molecule has 21 heavy (non-hydrogen) atoms. The molecule has 0 radical (unpaired) electrons. The number of phenolic OH excluding ortho intramolecular Hbond substituents is 1. The Labute approximate surface area is 122 Å². The van der Waals surface area contributed by atoms with E-state index in [0.29, 0.717) is 5.75 Å². The summed E-state index contributed by atoms with van der Waals surface area (Å²) in [6.07, 6.45) is 0. The Hall–Kier alpha value is -2.53. The van der Waals surface area contributed by atoms with Gasteiger partial charge in [0, 0.05) is 6.07 Å². The smallest absolute Gasteiger partial charge is 0.255 e. The molecule has 0 aromatic heterocycles. The predicted octanol–water partition coefficient (Wildman–Crippen LogP) is 1.86. The van der Waals surface area contributed by atoms with Crippen LogP contribution in [0.15, 0.2) is 48.5 Å². The number of ether oxygens (including phenoxy) is 1. The number of amides is 1. The Kier molecular flexibility index (Phi) is 4.79. The molecule has 0 heterocycles. The highest BCUT2D eigenvalue weighted by Gasteiger charge is 2.17. The molecule has 0 spiro atoms. The molecule has 110 valence electrons. The highest BCUT2D eigenvalue weighted by Crippen LogP contribution is 2.24. The Morgan fingerprint density at radius 2 is 1.95 bits per heavy atom. The van der Waals surface area contributed by atoms with Crippen molar-refractivity contribution in [2.75, 3.05) is 13.7 Å². The van der Waals surface area contributed by atoms with Crippen LogP contribution in [0.4, 0.5) is 0 Å². The molecule has 0 saturated heterocycles.